The fourth-order valence-corrected chi connectivity index (χ4v) is 5.32. The van der Waals surface area contributed by atoms with Gasteiger partial charge in [-0.25, -0.2) is 9.59 Å². The highest BCUT2D eigenvalue weighted by atomic mass is 31.2. The van der Waals surface area contributed by atoms with Gasteiger partial charge in [0.15, 0.2) is 6.10 Å². The van der Waals surface area contributed by atoms with Crippen molar-refractivity contribution < 1.29 is 47.1 Å². The number of esters is 2. The summed E-state index contributed by atoms with van der Waals surface area (Å²) in [5, 5.41) is 11.1. The highest BCUT2D eigenvalue weighted by Crippen LogP contribution is 2.50. The van der Waals surface area contributed by atoms with E-state index in [-0.39, 0.29) is 41.5 Å². The van der Waals surface area contributed by atoms with Gasteiger partial charge in [0.25, 0.3) is 12.0 Å². The molecule has 12 nitrogen and oxygen atoms in total. The average molecular weight is 624 g/mol. The number of nitro groups is 1. The topological polar surface area (TPSA) is 150 Å². The van der Waals surface area contributed by atoms with Gasteiger partial charge in [0.05, 0.1) is 29.3 Å². The van der Waals surface area contributed by atoms with Gasteiger partial charge in [0, 0.05) is 24.0 Å². The number of hydrogen-bond acceptors (Lipinski definition) is 11. The summed E-state index contributed by atoms with van der Waals surface area (Å²) in [6, 6.07) is 21.5. The zero-order valence-electron chi connectivity index (χ0n) is 23.8. The number of carbonyl (C=O) groups is 2. The van der Waals surface area contributed by atoms with Crippen LogP contribution in [0.3, 0.4) is 0 Å². The number of hydrogen-bond donors (Lipinski definition) is 0. The van der Waals surface area contributed by atoms with Crippen molar-refractivity contribution in [2.75, 3.05) is 13.2 Å². The first-order valence-electron chi connectivity index (χ1n) is 13.6. The number of benzene rings is 3. The first-order valence-corrected chi connectivity index (χ1v) is 15.2. The normalized spacial score (nSPS) is 18.1. The van der Waals surface area contributed by atoms with Gasteiger partial charge in [0.2, 0.25) is 6.10 Å². The molecule has 3 atom stereocenters. The van der Waals surface area contributed by atoms with Crippen molar-refractivity contribution in [3.05, 3.63) is 130 Å². The second kappa shape index (κ2) is 15.1. The number of rotatable bonds is 13. The van der Waals surface area contributed by atoms with E-state index < -0.39 is 43.0 Å². The summed E-state index contributed by atoms with van der Waals surface area (Å²) in [7, 11) is -3.66. The average Bonchev–Trinajstić information content (AvgIpc) is 3.03. The number of non-ortho nitro benzene ring substituents is 1. The minimum Gasteiger partial charge on any atom is -0.451 e. The predicted molar refractivity (Wildman–Crippen MR) is 158 cm³/mol. The fraction of sp³-hybridized carbons (Fsp3) is 0.226. The van der Waals surface area contributed by atoms with E-state index in [0.717, 1.165) is 0 Å². The number of ether oxygens (including phenoxy) is 4. The molecular weight excluding hydrogens is 593 g/mol. The molecule has 3 aromatic rings. The molecule has 44 heavy (non-hydrogen) atoms. The first kappa shape index (κ1) is 32.2. The van der Waals surface area contributed by atoms with Crippen molar-refractivity contribution in [2.24, 2.45) is 0 Å². The van der Waals surface area contributed by atoms with E-state index >= 15 is 0 Å². The van der Waals surface area contributed by atoms with Crippen LogP contribution in [0.5, 0.6) is 5.75 Å². The van der Waals surface area contributed by atoms with E-state index in [1.165, 1.54) is 42.2 Å². The van der Waals surface area contributed by atoms with Crippen LogP contribution in [0.2, 0.25) is 0 Å². The number of nitro benzene ring substituents is 1. The molecule has 1 aliphatic heterocycles. The molecule has 0 saturated heterocycles. The molecule has 0 N–H and O–H groups in total. The fourth-order valence-electron chi connectivity index (χ4n) is 4.02. The molecule has 0 spiro atoms. The van der Waals surface area contributed by atoms with E-state index in [4.69, 9.17) is 28.0 Å². The highest BCUT2D eigenvalue weighted by Gasteiger charge is 2.42. The van der Waals surface area contributed by atoms with Crippen LogP contribution in [0.4, 0.5) is 5.69 Å². The van der Waals surface area contributed by atoms with Gasteiger partial charge in [-0.15, -0.1) is 0 Å². The number of carbonyl (C=O) groups excluding carboxylic acids is 2. The Bertz CT molecular complexity index is 1530. The Morgan fingerprint density at radius 1 is 0.864 bits per heavy atom. The van der Waals surface area contributed by atoms with Crippen molar-refractivity contribution in [1.82, 2.24) is 0 Å². The molecule has 1 heterocycles. The Kier molecular flexibility index (Phi) is 11.0. The molecule has 0 amide bonds. The molecule has 4 rings (SSSR count). The molecule has 0 fully saturated rings. The first-order chi connectivity index (χ1) is 21.2. The quantitative estimate of drug-likeness (QED) is 0.0895. The van der Waals surface area contributed by atoms with Crippen molar-refractivity contribution in [3.63, 3.8) is 0 Å². The molecule has 230 valence electrons. The summed E-state index contributed by atoms with van der Waals surface area (Å²) < 4.78 is 47.3. The summed E-state index contributed by atoms with van der Waals surface area (Å²) >= 11 is 0. The van der Waals surface area contributed by atoms with Crippen LogP contribution < -0.4 is 4.74 Å². The lowest BCUT2D eigenvalue weighted by Crippen LogP contribution is -2.49. The molecule has 0 aliphatic carbocycles. The second-order valence-electron chi connectivity index (χ2n) is 9.09. The van der Waals surface area contributed by atoms with E-state index in [2.05, 4.69) is 0 Å². The second-order valence-corrected chi connectivity index (χ2v) is 11.0. The van der Waals surface area contributed by atoms with Crippen molar-refractivity contribution in [2.45, 2.75) is 32.3 Å². The van der Waals surface area contributed by atoms with Crippen LogP contribution in [0, 0.1) is 10.1 Å². The molecule has 0 radical (unpaired) electrons. The Hall–Kier alpha value is -4.77. The molecule has 0 bridgehead atoms. The predicted octanol–water partition coefficient (Wildman–Crippen LogP) is 6.44. The Balaban J connectivity index is 1.73. The van der Waals surface area contributed by atoms with Crippen LogP contribution in [0.1, 0.15) is 34.6 Å². The van der Waals surface area contributed by atoms with Crippen molar-refractivity contribution in [1.29, 1.82) is 0 Å². The zero-order chi connectivity index (χ0) is 31.5. The minimum absolute atomic E-state index is 0.0365. The van der Waals surface area contributed by atoms with Crippen LogP contribution in [0.15, 0.2) is 109 Å². The minimum atomic E-state index is -3.66. The van der Waals surface area contributed by atoms with Crippen molar-refractivity contribution in [3.8, 4) is 5.75 Å². The monoisotopic (exact) mass is 623 g/mol. The summed E-state index contributed by atoms with van der Waals surface area (Å²) in [5.41, 5.74) is 0.288. The summed E-state index contributed by atoms with van der Waals surface area (Å²) in [5.74, 6) is -0.104. The maximum absolute atomic E-state index is 13.2. The standard InChI is InChI=1S/C31H30NO11P/c1-3-38-44(37,39-4-2)20-19-26-21-27(42-29(33)22-11-7-5-8-12-22)28(43-30(34)23-13-9-6-10-14-23)31(41-26)40-25-17-15-24(16-18-25)32(35)36/h5-21,27-28,31H,3-4H2,1-2H3/b20-19+/t27-,28-,31-/m0/s1. The van der Waals surface area contributed by atoms with E-state index in [1.54, 1.807) is 74.5 Å². The van der Waals surface area contributed by atoms with Gasteiger partial charge in [-0.05, 0) is 56.3 Å². The van der Waals surface area contributed by atoms with E-state index in [1.807, 2.05) is 0 Å². The third kappa shape index (κ3) is 8.63. The molecule has 0 aromatic heterocycles. The van der Waals surface area contributed by atoms with E-state index in [0.29, 0.717) is 0 Å². The van der Waals surface area contributed by atoms with Crippen LogP contribution in [-0.2, 0) is 27.8 Å². The van der Waals surface area contributed by atoms with Gasteiger partial charge in [-0.1, -0.05) is 36.4 Å². The van der Waals surface area contributed by atoms with Gasteiger partial charge in [-0.3, -0.25) is 14.7 Å². The Morgan fingerprint density at radius 2 is 1.41 bits per heavy atom. The van der Waals surface area contributed by atoms with Gasteiger partial charge in [0.1, 0.15) is 11.5 Å². The van der Waals surface area contributed by atoms with Crippen LogP contribution in [0.25, 0.3) is 0 Å². The lowest BCUT2D eigenvalue weighted by Gasteiger charge is -2.35. The third-order valence-corrected chi connectivity index (χ3v) is 7.77. The summed E-state index contributed by atoms with van der Waals surface area (Å²) in [6.07, 6.45) is -1.35. The van der Waals surface area contributed by atoms with Gasteiger partial charge < -0.3 is 28.0 Å². The number of allylic oxidation sites excluding steroid dienone is 1. The molecule has 1 aliphatic rings. The summed E-state index contributed by atoms with van der Waals surface area (Å²) in [4.78, 5) is 36.9. The molecule has 0 unspecified atom stereocenters. The molecular formula is C31H30NO11P. The van der Waals surface area contributed by atoms with Crippen molar-refractivity contribution >= 4 is 25.2 Å². The maximum Gasteiger partial charge on any atom is 0.354 e. The Labute approximate surface area is 253 Å². The highest BCUT2D eigenvalue weighted by molar-refractivity contribution is 7.57. The summed E-state index contributed by atoms with van der Waals surface area (Å²) in [6.45, 7) is 3.55. The lowest BCUT2D eigenvalue weighted by atomic mass is 10.1. The van der Waals surface area contributed by atoms with Gasteiger partial charge in [-0.2, -0.15) is 0 Å². The SMILES string of the molecule is CCOP(=O)(/C=C/C1=C[C@H](OC(=O)c2ccccc2)[C@H](OC(=O)c2ccccc2)[C@@H](Oc2ccc([N+](=O)[O-])cc2)O1)OCC. The van der Waals surface area contributed by atoms with Crippen LogP contribution >= 0.6 is 7.60 Å². The van der Waals surface area contributed by atoms with E-state index in [9.17, 15) is 24.3 Å². The smallest absolute Gasteiger partial charge is 0.354 e. The largest absolute Gasteiger partial charge is 0.451 e. The number of nitrogens with zero attached hydrogens (tertiary/aromatic N) is 1. The lowest BCUT2D eigenvalue weighted by molar-refractivity contribution is -0.384. The molecule has 3 aromatic carbocycles. The zero-order valence-corrected chi connectivity index (χ0v) is 24.7. The van der Waals surface area contributed by atoms with Gasteiger partial charge >= 0.3 is 19.5 Å². The van der Waals surface area contributed by atoms with Crippen LogP contribution in [-0.4, -0.2) is 48.6 Å². The maximum atomic E-state index is 13.2. The Morgan fingerprint density at radius 3 is 1.93 bits per heavy atom. The molecule has 13 heteroatoms. The molecule has 0 saturated carbocycles. The third-order valence-electron chi connectivity index (χ3n) is 6.02.